The molecule has 2 fully saturated rings. The second kappa shape index (κ2) is 5.04. The molecule has 0 spiro atoms. The summed E-state index contributed by atoms with van der Waals surface area (Å²) in [6.07, 6.45) is 3.10. The lowest BCUT2D eigenvalue weighted by Gasteiger charge is -2.23. The van der Waals surface area contributed by atoms with Crippen LogP contribution < -0.4 is 5.73 Å². The van der Waals surface area contributed by atoms with Crippen molar-refractivity contribution in [3.8, 4) is 0 Å². The molecule has 0 saturated carbocycles. The number of hydrogen-bond acceptors (Lipinski definition) is 4. The van der Waals surface area contributed by atoms with E-state index in [1.165, 1.54) is 0 Å². The van der Waals surface area contributed by atoms with Gasteiger partial charge in [-0.05, 0) is 19.3 Å². The topological polar surface area (TPSA) is 78.6 Å². The van der Waals surface area contributed by atoms with Gasteiger partial charge in [-0.25, -0.2) is 0 Å². The van der Waals surface area contributed by atoms with Gasteiger partial charge in [0.25, 0.3) is 0 Å². The van der Waals surface area contributed by atoms with E-state index in [0.29, 0.717) is 6.61 Å². The second-order valence-corrected chi connectivity index (χ2v) is 4.77. The zero-order valence-electron chi connectivity index (χ0n) is 10.1. The second-order valence-electron chi connectivity index (χ2n) is 4.77. The minimum absolute atomic E-state index is 0.174. The zero-order chi connectivity index (χ0) is 12.4. The third-order valence-corrected chi connectivity index (χ3v) is 3.62. The molecule has 5 heteroatoms. The number of carbonyl (C=O) groups is 2. The minimum atomic E-state index is -0.497. The maximum absolute atomic E-state index is 11.9. The van der Waals surface area contributed by atoms with Crippen LogP contribution in [0.3, 0.4) is 0 Å². The van der Waals surface area contributed by atoms with Crippen molar-refractivity contribution < 1.29 is 19.1 Å². The number of amides is 1. The Kier molecular flexibility index (Phi) is 3.66. The van der Waals surface area contributed by atoms with Crippen LogP contribution in [0.25, 0.3) is 0 Å². The molecule has 2 N–H and O–H groups in total. The normalized spacial score (nSPS) is 34.9. The van der Waals surface area contributed by atoms with E-state index in [1.54, 1.807) is 0 Å². The summed E-state index contributed by atoms with van der Waals surface area (Å²) >= 11 is 0. The van der Waals surface area contributed by atoms with Crippen molar-refractivity contribution >= 4 is 11.9 Å². The highest BCUT2D eigenvalue weighted by molar-refractivity contribution is 5.86. The molecule has 2 aliphatic heterocycles. The van der Waals surface area contributed by atoms with E-state index in [1.807, 2.05) is 6.92 Å². The number of rotatable bonds is 5. The average Bonchev–Trinajstić information content (AvgIpc) is 2.88. The Morgan fingerprint density at radius 3 is 2.53 bits per heavy atom. The van der Waals surface area contributed by atoms with Crippen LogP contribution in [-0.2, 0) is 19.1 Å². The van der Waals surface area contributed by atoms with Gasteiger partial charge in [0.1, 0.15) is 0 Å². The van der Waals surface area contributed by atoms with Crippen LogP contribution in [0, 0.1) is 11.8 Å². The van der Waals surface area contributed by atoms with Crippen molar-refractivity contribution in [2.75, 3.05) is 6.61 Å². The lowest BCUT2D eigenvalue weighted by Crippen LogP contribution is -2.42. The Labute approximate surface area is 101 Å². The van der Waals surface area contributed by atoms with E-state index in [4.69, 9.17) is 15.2 Å². The van der Waals surface area contributed by atoms with Crippen LogP contribution >= 0.6 is 0 Å². The van der Waals surface area contributed by atoms with Crippen molar-refractivity contribution in [1.29, 1.82) is 0 Å². The summed E-state index contributed by atoms with van der Waals surface area (Å²) in [6, 6.07) is 0. The largest absolute Gasteiger partial charge is 0.465 e. The summed E-state index contributed by atoms with van der Waals surface area (Å²) in [5.74, 6) is -1.75. The van der Waals surface area contributed by atoms with Crippen molar-refractivity contribution in [3.63, 3.8) is 0 Å². The van der Waals surface area contributed by atoms with Crippen LogP contribution in [0.1, 0.15) is 32.6 Å². The first-order chi connectivity index (χ1) is 8.15. The quantitative estimate of drug-likeness (QED) is 0.565. The van der Waals surface area contributed by atoms with Gasteiger partial charge in [-0.2, -0.15) is 0 Å². The summed E-state index contributed by atoms with van der Waals surface area (Å²) in [5.41, 5.74) is 5.34. The summed E-state index contributed by atoms with van der Waals surface area (Å²) in [7, 11) is 0. The fraction of sp³-hybridized carbons (Fsp3) is 0.833. The third-order valence-electron chi connectivity index (χ3n) is 3.62. The van der Waals surface area contributed by atoms with Gasteiger partial charge >= 0.3 is 5.97 Å². The standard InChI is InChI=1S/C12H19NO4/c1-2-3-6-16-12(15)10-8-5-4-7(17-8)9(10)11(13)14/h7-10H,2-6H2,1H3,(H2,13,14)/t7-,8+,9-,10+/m0/s1. The maximum atomic E-state index is 11.9. The first kappa shape index (κ1) is 12.4. The molecule has 1 amide bonds. The van der Waals surface area contributed by atoms with E-state index in [2.05, 4.69) is 0 Å². The molecular weight excluding hydrogens is 222 g/mol. The van der Waals surface area contributed by atoms with Gasteiger partial charge in [-0.15, -0.1) is 0 Å². The predicted octanol–water partition coefficient (Wildman–Crippen LogP) is 0.609. The molecule has 2 bridgehead atoms. The Morgan fingerprint density at radius 1 is 1.29 bits per heavy atom. The van der Waals surface area contributed by atoms with Gasteiger partial charge in [-0.1, -0.05) is 13.3 Å². The number of ether oxygens (including phenoxy) is 2. The first-order valence-electron chi connectivity index (χ1n) is 6.26. The molecule has 0 aromatic rings. The summed E-state index contributed by atoms with van der Waals surface area (Å²) in [5, 5.41) is 0. The Hall–Kier alpha value is -1.10. The van der Waals surface area contributed by atoms with Crippen LogP contribution in [0.4, 0.5) is 0 Å². The van der Waals surface area contributed by atoms with Crippen LogP contribution in [-0.4, -0.2) is 30.7 Å². The van der Waals surface area contributed by atoms with E-state index >= 15 is 0 Å². The molecule has 2 saturated heterocycles. The number of hydrogen-bond donors (Lipinski definition) is 1. The number of primary amides is 1. The summed E-state index contributed by atoms with van der Waals surface area (Å²) in [4.78, 5) is 23.3. The average molecular weight is 241 g/mol. The van der Waals surface area contributed by atoms with Crippen molar-refractivity contribution in [3.05, 3.63) is 0 Å². The van der Waals surface area contributed by atoms with E-state index in [0.717, 1.165) is 25.7 Å². The summed E-state index contributed by atoms with van der Waals surface area (Å²) in [6.45, 7) is 2.44. The van der Waals surface area contributed by atoms with Crippen LogP contribution in [0.5, 0.6) is 0 Å². The van der Waals surface area contributed by atoms with Gasteiger partial charge in [0.15, 0.2) is 0 Å². The molecule has 0 aromatic carbocycles. The number of nitrogens with two attached hydrogens (primary N) is 1. The fourth-order valence-corrected chi connectivity index (χ4v) is 2.75. The van der Waals surface area contributed by atoms with Gasteiger partial charge < -0.3 is 15.2 Å². The molecule has 2 rings (SSSR count). The lowest BCUT2D eigenvalue weighted by molar-refractivity contribution is -0.153. The highest BCUT2D eigenvalue weighted by atomic mass is 16.5. The highest BCUT2D eigenvalue weighted by Crippen LogP contribution is 2.43. The molecule has 5 nitrogen and oxygen atoms in total. The molecule has 17 heavy (non-hydrogen) atoms. The van der Waals surface area contributed by atoms with Crippen LogP contribution in [0.15, 0.2) is 0 Å². The number of fused-ring (bicyclic) bond motifs is 2. The third kappa shape index (κ3) is 2.29. The highest BCUT2D eigenvalue weighted by Gasteiger charge is 2.55. The molecule has 0 aliphatic carbocycles. The number of unbranched alkanes of at least 4 members (excludes halogenated alkanes) is 1. The zero-order valence-corrected chi connectivity index (χ0v) is 10.1. The van der Waals surface area contributed by atoms with E-state index in [9.17, 15) is 9.59 Å². The molecule has 0 unspecified atom stereocenters. The molecule has 0 radical (unpaired) electrons. The Bertz CT molecular complexity index is 318. The van der Waals surface area contributed by atoms with Gasteiger partial charge in [0, 0.05) is 0 Å². The number of esters is 1. The molecule has 0 aromatic heterocycles. The summed E-state index contributed by atoms with van der Waals surface area (Å²) < 4.78 is 10.8. The molecule has 2 heterocycles. The number of carbonyl (C=O) groups excluding carboxylic acids is 2. The molecule has 2 aliphatic rings. The van der Waals surface area contributed by atoms with Crippen LogP contribution in [0.2, 0.25) is 0 Å². The lowest BCUT2D eigenvalue weighted by atomic mass is 9.79. The van der Waals surface area contributed by atoms with Gasteiger partial charge in [0.05, 0.1) is 30.7 Å². The van der Waals surface area contributed by atoms with Crippen molar-refractivity contribution in [2.45, 2.75) is 44.8 Å². The van der Waals surface area contributed by atoms with Gasteiger partial charge in [0.2, 0.25) is 5.91 Å². The first-order valence-corrected chi connectivity index (χ1v) is 6.26. The van der Waals surface area contributed by atoms with Gasteiger partial charge in [-0.3, -0.25) is 9.59 Å². The smallest absolute Gasteiger partial charge is 0.312 e. The van der Waals surface area contributed by atoms with E-state index in [-0.39, 0.29) is 18.2 Å². The Morgan fingerprint density at radius 2 is 1.94 bits per heavy atom. The van der Waals surface area contributed by atoms with Crippen molar-refractivity contribution in [1.82, 2.24) is 0 Å². The maximum Gasteiger partial charge on any atom is 0.312 e. The van der Waals surface area contributed by atoms with E-state index < -0.39 is 17.7 Å². The minimum Gasteiger partial charge on any atom is -0.465 e. The SMILES string of the molecule is CCCCOC(=O)[C@H]1[C@@H](C(N)=O)[C@@H]2CC[C@H]1O2. The Balaban J connectivity index is 1.98. The predicted molar refractivity (Wildman–Crippen MR) is 59.9 cm³/mol. The molecule has 4 atom stereocenters. The fourth-order valence-electron chi connectivity index (χ4n) is 2.75. The molecular formula is C12H19NO4. The van der Waals surface area contributed by atoms with Crippen molar-refractivity contribution in [2.24, 2.45) is 17.6 Å². The monoisotopic (exact) mass is 241 g/mol. The molecule has 96 valence electrons.